The highest BCUT2D eigenvalue weighted by molar-refractivity contribution is 6.09. The molecule has 2 aromatic carbocycles. The van der Waals surface area contributed by atoms with Crippen LogP contribution < -0.4 is 5.32 Å². The largest absolute Gasteiger partial charge is 0.326 e. The van der Waals surface area contributed by atoms with E-state index in [4.69, 9.17) is 5.10 Å². The van der Waals surface area contributed by atoms with E-state index in [0.717, 1.165) is 56.9 Å². The van der Waals surface area contributed by atoms with Gasteiger partial charge in [-0.3, -0.25) is 9.99 Å². The Kier molecular flexibility index (Phi) is 6.47. The first kappa shape index (κ1) is 23.3. The van der Waals surface area contributed by atoms with Crippen LogP contribution in [0.25, 0.3) is 16.7 Å². The number of H-pyrrole nitrogens is 1. The van der Waals surface area contributed by atoms with Crippen LogP contribution in [0.15, 0.2) is 103 Å². The van der Waals surface area contributed by atoms with Crippen molar-refractivity contribution in [1.29, 1.82) is 0 Å². The van der Waals surface area contributed by atoms with Gasteiger partial charge < -0.3 is 15.2 Å². The molecule has 7 nitrogen and oxygen atoms in total. The van der Waals surface area contributed by atoms with Crippen LogP contribution in [0.4, 0.5) is 5.95 Å². The summed E-state index contributed by atoms with van der Waals surface area (Å²) < 4.78 is 0. The normalized spacial score (nSPS) is 13.4. The number of aromatic amines is 1. The van der Waals surface area contributed by atoms with Crippen molar-refractivity contribution in [2.24, 2.45) is 5.10 Å². The maximum absolute atomic E-state index is 4.87. The number of hydrogen-bond acceptors (Lipinski definition) is 6. The van der Waals surface area contributed by atoms with Gasteiger partial charge in [-0.15, -0.1) is 0 Å². The number of imidazole rings is 1. The molecule has 3 heterocycles. The van der Waals surface area contributed by atoms with Gasteiger partial charge in [-0.25, -0.2) is 4.98 Å². The van der Waals surface area contributed by atoms with Crippen molar-refractivity contribution in [3.05, 3.63) is 120 Å². The molecular weight excluding hydrogens is 446 g/mol. The molecule has 0 unspecified atom stereocenters. The number of aromatic nitrogens is 3. The number of fused-ring (bicyclic) bond motifs is 1. The monoisotopic (exact) mass is 475 g/mol. The van der Waals surface area contributed by atoms with Gasteiger partial charge in [0.15, 0.2) is 0 Å². The molecule has 0 spiro atoms. The number of nitrogens with one attached hydrogen (secondary N) is 2. The average molecular weight is 476 g/mol. The van der Waals surface area contributed by atoms with Crippen molar-refractivity contribution in [3.8, 4) is 0 Å². The maximum atomic E-state index is 4.87. The van der Waals surface area contributed by atoms with E-state index in [-0.39, 0.29) is 0 Å². The number of pyridine rings is 1. The van der Waals surface area contributed by atoms with Crippen molar-refractivity contribution in [2.45, 2.75) is 13.1 Å². The minimum atomic E-state index is 0.587. The molecule has 180 valence electrons. The summed E-state index contributed by atoms with van der Waals surface area (Å²) in [7, 11) is 4.09. The second-order valence-corrected chi connectivity index (χ2v) is 9.09. The fourth-order valence-corrected chi connectivity index (χ4v) is 4.12. The van der Waals surface area contributed by atoms with Crippen LogP contribution in [0, 0.1) is 0 Å². The maximum Gasteiger partial charge on any atom is 0.205 e. The Bertz CT molecular complexity index is 1460. The Morgan fingerprint density at radius 2 is 1.89 bits per heavy atom. The third kappa shape index (κ3) is 5.26. The summed E-state index contributed by atoms with van der Waals surface area (Å²) in [4.78, 5) is 14.4. The standard InChI is InChI=1S/C29H29N7/c1-20-12-13-26(25-15-23(16-30-17-25)18-35(3)4)34-36(20)19-22-8-7-9-24(14-22)21(2)31-29-32-27-10-5-6-11-28(27)33-29/h5-17H,1-2,18-19H2,3-4H3,(H2,31,32,33). The number of rotatable bonds is 8. The highest BCUT2D eigenvalue weighted by Crippen LogP contribution is 2.22. The van der Waals surface area contributed by atoms with Gasteiger partial charge in [0, 0.05) is 30.2 Å². The number of benzene rings is 2. The smallest absolute Gasteiger partial charge is 0.205 e. The molecular formula is C29H29N7. The molecule has 5 rings (SSSR count). The molecule has 4 aromatic rings. The van der Waals surface area contributed by atoms with Gasteiger partial charge in [-0.05, 0) is 67.2 Å². The molecule has 0 atom stereocenters. The lowest BCUT2D eigenvalue weighted by atomic mass is 10.1. The minimum Gasteiger partial charge on any atom is -0.326 e. The van der Waals surface area contributed by atoms with Crippen LogP contribution in [0.2, 0.25) is 0 Å². The lowest BCUT2D eigenvalue weighted by Crippen LogP contribution is -2.21. The zero-order valence-electron chi connectivity index (χ0n) is 20.6. The van der Waals surface area contributed by atoms with Crippen LogP contribution in [0.3, 0.4) is 0 Å². The van der Waals surface area contributed by atoms with E-state index in [1.807, 2.05) is 80.0 Å². The molecule has 0 aliphatic carbocycles. The lowest BCUT2D eigenvalue weighted by Gasteiger charge is -2.24. The summed E-state index contributed by atoms with van der Waals surface area (Å²) in [5.41, 5.74) is 8.57. The molecule has 1 aliphatic rings. The zero-order valence-corrected chi connectivity index (χ0v) is 20.6. The van der Waals surface area contributed by atoms with Gasteiger partial charge in [0.05, 0.1) is 29.0 Å². The van der Waals surface area contributed by atoms with E-state index in [9.17, 15) is 0 Å². The Hall–Kier alpha value is -4.49. The van der Waals surface area contributed by atoms with Crippen LogP contribution >= 0.6 is 0 Å². The average Bonchev–Trinajstić information content (AvgIpc) is 3.27. The van der Waals surface area contributed by atoms with E-state index < -0.39 is 0 Å². The van der Waals surface area contributed by atoms with Crippen molar-refractivity contribution < 1.29 is 0 Å². The van der Waals surface area contributed by atoms with Gasteiger partial charge in [0.1, 0.15) is 0 Å². The Morgan fingerprint density at radius 1 is 1.03 bits per heavy atom. The van der Waals surface area contributed by atoms with Gasteiger partial charge in [-0.2, -0.15) is 5.10 Å². The number of para-hydroxylation sites is 2. The van der Waals surface area contributed by atoms with E-state index in [1.165, 1.54) is 0 Å². The van der Waals surface area contributed by atoms with Gasteiger partial charge in [0.2, 0.25) is 5.95 Å². The van der Waals surface area contributed by atoms with Crippen molar-refractivity contribution in [3.63, 3.8) is 0 Å². The molecule has 0 amide bonds. The molecule has 1 aliphatic heterocycles. The fraction of sp³-hybridized carbons (Fsp3) is 0.138. The predicted molar refractivity (Wildman–Crippen MR) is 147 cm³/mol. The molecule has 0 saturated heterocycles. The fourth-order valence-electron chi connectivity index (χ4n) is 4.12. The molecule has 0 bridgehead atoms. The first-order chi connectivity index (χ1) is 17.4. The summed E-state index contributed by atoms with van der Waals surface area (Å²) >= 11 is 0. The SMILES string of the molecule is C=C(Nc1nc2ccccc2[nH]1)c1cccc(CN2N=C(c3cncc(CN(C)C)c3)C=CC2=C)c1. The summed E-state index contributed by atoms with van der Waals surface area (Å²) in [6.45, 7) is 9.81. The summed E-state index contributed by atoms with van der Waals surface area (Å²) in [5.74, 6) is 0.667. The molecule has 7 heteroatoms. The number of hydrogen-bond donors (Lipinski definition) is 2. The van der Waals surface area contributed by atoms with Crippen LogP contribution in [0.5, 0.6) is 0 Å². The van der Waals surface area contributed by atoms with Gasteiger partial charge in [-0.1, -0.05) is 43.5 Å². The van der Waals surface area contributed by atoms with Crippen molar-refractivity contribution >= 4 is 28.4 Å². The van der Waals surface area contributed by atoms with Crippen molar-refractivity contribution in [2.75, 3.05) is 19.4 Å². The summed E-state index contributed by atoms with van der Waals surface area (Å²) in [5, 5.41) is 10.1. The highest BCUT2D eigenvalue weighted by Gasteiger charge is 2.14. The molecule has 36 heavy (non-hydrogen) atoms. The Morgan fingerprint density at radius 3 is 2.72 bits per heavy atom. The highest BCUT2D eigenvalue weighted by atomic mass is 15.5. The van der Waals surface area contributed by atoms with E-state index in [1.54, 1.807) is 0 Å². The first-order valence-corrected chi connectivity index (χ1v) is 11.8. The van der Waals surface area contributed by atoms with Crippen LogP contribution in [-0.2, 0) is 13.1 Å². The minimum absolute atomic E-state index is 0.587. The van der Waals surface area contributed by atoms with Crippen LogP contribution in [0.1, 0.15) is 22.3 Å². The quantitative estimate of drug-likeness (QED) is 0.357. The number of hydrazone groups is 1. The third-order valence-corrected chi connectivity index (χ3v) is 5.85. The number of allylic oxidation sites excluding steroid dienone is 2. The Balaban J connectivity index is 1.32. The predicted octanol–water partition coefficient (Wildman–Crippen LogP) is 5.39. The second-order valence-electron chi connectivity index (χ2n) is 9.09. The second kappa shape index (κ2) is 10.0. The first-order valence-electron chi connectivity index (χ1n) is 11.8. The summed E-state index contributed by atoms with van der Waals surface area (Å²) in [6.07, 6.45) is 7.73. The molecule has 2 aromatic heterocycles. The molecule has 0 saturated carbocycles. The van der Waals surface area contributed by atoms with Crippen molar-refractivity contribution in [1.82, 2.24) is 24.9 Å². The lowest BCUT2D eigenvalue weighted by molar-refractivity contribution is 0.367. The zero-order chi connectivity index (χ0) is 25.1. The van der Waals surface area contributed by atoms with Gasteiger partial charge in [0.25, 0.3) is 0 Å². The molecule has 0 radical (unpaired) electrons. The third-order valence-electron chi connectivity index (χ3n) is 5.85. The van der Waals surface area contributed by atoms with E-state index in [0.29, 0.717) is 12.5 Å². The summed E-state index contributed by atoms with van der Waals surface area (Å²) in [6, 6.07) is 18.3. The topological polar surface area (TPSA) is 72.4 Å². The molecule has 0 fully saturated rings. The van der Waals surface area contributed by atoms with Gasteiger partial charge >= 0.3 is 0 Å². The number of anilines is 1. The van der Waals surface area contributed by atoms with E-state index >= 15 is 0 Å². The van der Waals surface area contributed by atoms with E-state index in [2.05, 4.69) is 56.5 Å². The van der Waals surface area contributed by atoms with Crippen LogP contribution in [-0.4, -0.2) is 44.7 Å². The molecule has 2 N–H and O–H groups in total. The number of nitrogens with zero attached hydrogens (tertiary/aromatic N) is 5. The Labute approximate surface area is 211 Å².